The summed E-state index contributed by atoms with van der Waals surface area (Å²) in [5.74, 6) is 7.98. The second-order valence-corrected chi connectivity index (χ2v) is 6.57. The Morgan fingerprint density at radius 3 is 2.85 bits per heavy atom. The van der Waals surface area contributed by atoms with Crippen LogP contribution in [0.4, 0.5) is 0 Å². The van der Waals surface area contributed by atoms with E-state index in [-0.39, 0.29) is 5.91 Å². The Kier molecular flexibility index (Phi) is 4.91. The summed E-state index contributed by atoms with van der Waals surface area (Å²) in [5.41, 5.74) is 0. The fourth-order valence-corrected chi connectivity index (χ4v) is 3.33. The van der Waals surface area contributed by atoms with Gasteiger partial charge in [0.25, 0.3) is 0 Å². The number of aromatic nitrogens is 3. The minimum Gasteiger partial charge on any atom is -0.352 e. The predicted octanol–water partition coefficient (Wildman–Crippen LogP) is 1.33. The van der Waals surface area contributed by atoms with Crippen molar-refractivity contribution in [1.29, 1.82) is 0 Å². The van der Waals surface area contributed by atoms with E-state index in [9.17, 15) is 4.79 Å². The van der Waals surface area contributed by atoms with Crippen LogP contribution in [0.15, 0.2) is 5.16 Å². The lowest BCUT2D eigenvalue weighted by atomic mass is 9.78. The van der Waals surface area contributed by atoms with Gasteiger partial charge in [-0.2, -0.15) is 0 Å². The highest BCUT2D eigenvalue weighted by molar-refractivity contribution is 7.99. The predicted molar refractivity (Wildman–Crippen MR) is 79.7 cm³/mol. The lowest BCUT2D eigenvalue weighted by molar-refractivity contribution is -0.120. The number of amides is 1. The van der Waals surface area contributed by atoms with E-state index >= 15 is 0 Å². The van der Waals surface area contributed by atoms with Gasteiger partial charge in [-0.1, -0.05) is 38.5 Å². The average Bonchev–Trinajstić information content (AvgIpc) is 2.73. The van der Waals surface area contributed by atoms with Crippen LogP contribution >= 0.6 is 11.8 Å². The fourth-order valence-electron chi connectivity index (χ4n) is 2.61. The maximum absolute atomic E-state index is 12.0. The SMILES string of the molecule is Cc1nnc(SCC(=O)N[C@@H]2CCC[C@H](C)[C@@H]2C)n1N. The first-order chi connectivity index (χ1) is 9.49. The number of hydrogen-bond donors (Lipinski definition) is 2. The van der Waals surface area contributed by atoms with Crippen molar-refractivity contribution in [2.45, 2.75) is 51.2 Å². The summed E-state index contributed by atoms with van der Waals surface area (Å²) in [6, 6.07) is 0.296. The molecule has 1 aliphatic rings. The molecule has 0 unspecified atom stereocenters. The number of thioether (sulfide) groups is 1. The second-order valence-electron chi connectivity index (χ2n) is 5.63. The molecule has 7 heteroatoms. The minimum absolute atomic E-state index is 0.0432. The molecule has 1 aliphatic carbocycles. The van der Waals surface area contributed by atoms with Crippen LogP contribution < -0.4 is 11.2 Å². The Bertz CT molecular complexity index is 475. The van der Waals surface area contributed by atoms with Crippen LogP contribution in [0.1, 0.15) is 38.9 Å². The van der Waals surface area contributed by atoms with Gasteiger partial charge >= 0.3 is 0 Å². The molecule has 112 valence electrons. The van der Waals surface area contributed by atoms with Gasteiger partial charge in [0.05, 0.1) is 5.75 Å². The van der Waals surface area contributed by atoms with Crippen molar-refractivity contribution in [2.24, 2.45) is 11.8 Å². The third-order valence-electron chi connectivity index (χ3n) is 4.22. The summed E-state index contributed by atoms with van der Waals surface area (Å²) in [7, 11) is 0. The Labute approximate surface area is 123 Å². The molecule has 0 radical (unpaired) electrons. The topological polar surface area (TPSA) is 85.8 Å². The van der Waals surface area contributed by atoms with E-state index in [1.165, 1.54) is 29.3 Å². The molecule has 1 aromatic heterocycles. The maximum atomic E-state index is 12.0. The van der Waals surface area contributed by atoms with Crippen LogP contribution in [0, 0.1) is 18.8 Å². The van der Waals surface area contributed by atoms with Crippen molar-refractivity contribution in [2.75, 3.05) is 11.6 Å². The minimum atomic E-state index is 0.0432. The number of rotatable bonds is 4. The van der Waals surface area contributed by atoms with Crippen molar-refractivity contribution in [3.05, 3.63) is 5.82 Å². The van der Waals surface area contributed by atoms with E-state index in [1.54, 1.807) is 6.92 Å². The van der Waals surface area contributed by atoms with Crippen molar-refractivity contribution in [3.63, 3.8) is 0 Å². The second kappa shape index (κ2) is 6.47. The van der Waals surface area contributed by atoms with Gasteiger partial charge in [0.1, 0.15) is 5.82 Å². The standard InChI is InChI=1S/C13H23N5OS/c1-8-5-4-6-11(9(8)2)15-12(19)7-20-13-17-16-10(3)18(13)14/h8-9,11H,4-7,14H2,1-3H3,(H,15,19)/t8-,9-,11+/m0/s1. The summed E-state index contributed by atoms with van der Waals surface area (Å²) in [6.45, 7) is 6.27. The third-order valence-corrected chi connectivity index (χ3v) is 5.16. The van der Waals surface area contributed by atoms with E-state index in [0.29, 0.717) is 34.6 Å². The summed E-state index contributed by atoms with van der Waals surface area (Å²) in [6.07, 6.45) is 3.53. The van der Waals surface area contributed by atoms with Crippen molar-refractivity contribution in [3.8, 4) is 0 Å². The molecular weight excluding hydrogens is 274 g/mol. The van der Waals surface area contributed by atoms with Gasteiger partial charge in [-0.05, 0) is 25.2 Å². The first-order valence-electron chi connectivity index (χ1n) is 7.08. The molecule has 3 N–H and O–H groups in total. The first kappa shape index (κ1) is 15.2. The van der Waals surface area contributed by atoms with Crippen LogP contribution in [0.25, 0.3) is 0 Å². The highest BCUT2D eigenvalue weighted by Crippen LogP contribution is 2.29. The molecule has 0 aliphatic heterocycles. The quantitative estimate of drug-likeness (QED) is 0.647. The van der Waals surface area contributed by atoms with E-state index in [1.807, 2.05) is 0 Å². The normalized spacial score (nSPS) is 26.4. The largest absolute Gasteiger partial charge is 0.352 e. The van der Waals surface area contributed by atoms with E-state index in [0.717, 1.165) is 6.42 Å². The molecule has 0 spiro atoms. The van der Waals surface area contributed by atoms with Crippen LogP contribution in [-0.2, 0) is 4.79 Å². The molecular formula is C13H23N5OS. The number of nitrogens with one attached hydrogen (secondary N) is 1. The number of carbonyl (C=O) groups is 1. The summed E-state index contributed by atoms with van der Waals surface area (Å²) < 4.78 is 1.41. The lowest BCUT2D eigenvalue weighted by Crippen LogP contribution is -2.44. The molecule has 0 aromatic carbocycles. The Morgan fingerprint density at radius 2 is 2.20 bits per heavy atom. The van der Waals surface area contributed by atoms with Crippen LogP contribution in [0.5, 0.6) is 0 Å². The zero-order valence-electron chi connectivity index (χ0n) is 12.3. The molecule has 1 amide bonds. The Morgan fingerprint density at radius 1 is 1.45 bits per heavy atom. The van der Waals surface area contributed by atoms with Crippen molar-refractivity contribution < 1.29 is 4.79 Å². The maximum Gasteiger partial charge on any atom is 0.230 e. The van der Waals surface area contributed by atoms with Gasteiger partial charge in [-0.3, -0.25) is 4.79 Å². The number of nitrogen functional groups attached to an aromatic ring is 1. The van der Waals surface area contributed by atoms with Gasteiger partial charge in [0, 0.05) is 6.04 Å². The highest BCUT2D eigenvalue weighted by Gasteiger charge is 2.28. The fraction of sp³-hybridized carbons (Fsp3) is 0.769. The highest BCUT2D eigenvalue weighted by atomic mass is 32.2. The summed E-state index contributed by atoms with van der Waals surface area (Å²) in [5, 5.41) is 11.5. The lowest BCUT2D eigenvalue weighted by Gasteiger charge is -2.34. The van der Waals surface area contributed by atoms with Crippen LogP contribution in [0.3, 0.4) is 0 Å². The van der Waals surface area contributed by atoms with Gasteiger partial charge in [0.2, 0.25) is 11.1 Å². The van der Waals surface area contributed by atoms with Gasteiger partial charge < -0.3 is 11.2 Å². The molecule has 1 saturated carbocycles. The van der Waals surface area contributed by atoms with Crippen molar-refractivity contribution in [1.82, 2.24) is 20.2 Å². The molecule has 20 heavy (non-hydrogen) atoms. The Hall–Kier alpha value is -1.24. The molecule has 1 fully saturated rings. The third kappa shape index (κ3) is 3.45. The number of nitrogens with zero attached hydrogens (tertiary/aromatic N) is 3. The zero-order chi connectivity index (χ0) is 14.7. The molecule has 6 nitrogen and oxygen atoms in total. The number of hydrogen-bond acceptors (Lipinski definition) is 5. The number of carbonyl (C=O) groups excluding carboxylic acids is 1. The number of nitrogens with two attached hydrogens (primary N) is 1. The first-order valence-corrected chi connectivity index (χ1v) is 8.07. The van der Waals surface area contributed by atoms with Crippen molar-refractivity contribution >= 4 is 17.7 Å². The molecule has 2 rings (SSSR count). The molecule has 0 bridgehead atoms. The van der Waals surface area contributed by atoms with Crippen LogP contribution in [0.2, 0.25) is 0 Å². The van der Waals surface area contributed by atoms with Gasteiger partial charge in [-0.15, -0.1) is 10.2 Å². The van der Waals surface area contributed by atoms with E-state index in [2.05, 4.69) is 29.4 Å². The van der Waals surface area contributed by atoms with E-state index in [4.69, 9.17) is 5.84 Å². The smallest absolute Gasteiger partial charge is 0.230 e. The average molecular weight is 297 g/mol. The summed E-state index contributed by atoms with van der Waals surface area (Å²) in [4.78, 5) is 12.0. The monoisotopic (exact) mass is 297 g/mol. The molecule has 1 heterocycles. The summed E-state index contributed by atoms with van der Waals surface area (Å²) >= 11 is 1.32. The Balaban J connectivity index is 1.82. The van der Waals surface area contributed by atoms with E-state index < -0.39 is 0 Å². The number of aryl methyl sites for hydroxylation is 1. The van der Waals surface area contributed by atoms with Gasteiger partial charge in [0.15, 0.2) is 0 Å². The molecule has 0 saturated heterocycles. The van der Waals surface area contributed by atoms with Crippen LogP contribution in [-0.4, -0.2) is 32.6 Å². The molecule has 1 aromatic rings. The zero-order valence-corrected chi connectivity index (χ0v) is 13.1. The van der Waals surface area contributed by atoms with Gasteiger partial charge in [-0.25, -0.2) is 4.68 Å². The molecule has 3 atom stereocenters.